The lowest BCUT2D eigenvalue weighted by Crippen LogP contribution is -2.18. The number of carbonyl (C=O) groups is 2. The van der Waals surface area contributed by atoms with Gasteiger partial charge in [-0.25, -0.2) is 13.2 Å². The lowest BCUT2D eigenvalue weighted by atomic mass is 9.94. The zero-order valence-electron chi connectivity index (χ0n) is 10.3. The Labute approximate surface area is 108 Å². The molecule has 0 bridgehead atoms. The van der Waals surface area contributed by atoms with Crippen molar-refractivity contribution in [3.63, 3.8) is 0 Å². The molecule has 0 saturated carbocycles. The third kappa shape index (κ3) is 3.81. The highest BCUT2D eigenvalue weighted by molar-refractivity contribution is 5.78. The summed E-state index contributed by atoms with van der Waals surface area (Å²) in [5.74, 6) is -5.52. The number of benzene rings is 1. The summed E-state index contributed by atoms with van der Waals surface area (Å²) in [4.78, 5) is 22.0. The van der Waals surface area contributed by atoms with Gasteiger partial charge in [0.2, 0.25) is 0 Å². The average Bonchev–Trinajstić information content (AvgIpc) is 2.36. The molecule has 0 aliphatic heterocycles. The number of ether oxygens (including phenoxy) is 1. The number of aldehydes is 1. The van der Waals surface area contributed by atoms with Crippen molar-refractivity contribution < 1.29 is 27.5 Å². The zero-order valence-corrected chi connectivity index (χ0v) is 10.3. The van der Waals surface area contributed by atoms with Gasteiger partial charge in [-0.1, -0.05) is 0 Å². The quantitative estimate of drug-likeness (QED) is 0.455. The molecular weight excluding hydrogens is 261 g/mol. The van der Waals surface area contributed by atoms with Gasteiger partial charge < -0.3 is 9.53 Å². The van der Waals surface area contributed by atoms with Gasteiger partial charge >= 0.3 is 5.97 Å². The van der Waals surface area contributed by atoms with Crippen molar-refractivity contribution >= 4 is 12.3 Å². The monoisotopic (exact) mass is 274 g/mol. The first-order valence-electron chi connectivity index (χ1n) is 5.76. The number of esters is 1. The first-order valence-corrected chi connectivity index (χ1v) is 5.76. The van der Waals surface area contributed by atoms with Crippen molar-refractivity contribution in [2.24, 2.45) is 0 Å². The van der Waals surface area contributed by atoms with Crippen LogP contribution in [0.5, 0.6) is 0 Å². The molecular formula is C13H13F3O3. The second-order valence-electron chi connectivity index (χ2n) is 3.84. The van der Waals surface area contributed by atoms with Gasteiger partial charge in [0.1, 0.15) is 12.1 Å². The van der Waals surface area contributed by atoms with Crippen molar-refractivity contribution in [3.05, 3.63) is 35.1 Å². The van der Waals surface area contributed by atoms with Crippen LogP contribution in [0.25, 0.3) is 0 Å². The third-order valence-electron chi connectivity index (χ3n) is 2.56. The number of hydrogen-bond acceptors (Lipinski definition) is 3. The maximum Gasteiger partial charge on any atom is 0.313 e. The SMILES string of the molecule is CCOC(=O)C(CCC=O)c1cc(F)c(F)cc1F. The van der Waals surface area contributed by atoms with Gasteiger partial charge in [-0.3, -0.25) is 4.79 Å². The van der Waals surface area contributed by atoms with E-state index in [1.807, 2.05) is 0 Å². The molecule has 0 saturated heterocycles. The molecule has 6 heteroatoms. The fourth-order valence-electron chi connectivity index (χ4n) is 1.68. The van der Waals surface area contributed by atoms with E-state index in [0.29, 0.717) is 18.4 Å². The minimum absolute atomic E-state index is 0.0120. The molecule has 1 unspecified atom stereocenters. The Hall–Kier alpha value is -1.85. The standard InChI is InChI=1S/C13H13F3O3/c1-2-19-13(18)8(4-3-5-17)9-6-11(15)12(16)7-10(9)14/h5-8H,2-4H2,1H3. The highest BCUT2D eigenvalue weighted by Gasteiger charge is 2.26. The third-order valence-corrected chi connectivity index (χ3v) is 2.56. The summed E-state index contributed by atoms with van der Waals surface area (Å²) >= 11 is 0. The molecule has 1 atom stereocenters. The summed E-state index contributed by atoms with van der Waals surface area (Å²) in [5.41, 5.74) is -0.306. The van der Waals surface area contributed by atoms with Gasteiger partial charge in [0.05, 0.1) is 12.5 Å². The van der Waals surface area contributed by atoms with Crippen LogP contribution < -0.4 is 0 Å². The lowest BCUT2D eigenvalue weighted by molar-refractivity contribution is -0.145. The predicted octanol–water partition coefficient (Wildman–Crippen LogP) is 2.73. The molecule has 0 fully saturated rings. The second kappa shape index (κ2) is 6.92. The van der Waals surface area contributed by atoms with Crippen LogP contribution in [0.4, 0.5) is 13.2 Å². The van der Waals surface area contributed by atoms with Crippen molar-refractivity contribution in [3.8, 4) is 0 Å². The van der Waals surface area contributed by atoms with E-state index in [0.717, 1.165) is 0 Å². The molecule has 0 spiro atoms. The second-order valence-corrected chi connectivity index (χ2v) is 3.84. The number of hydrogen-bond donors (Lipinski definition) is 0. The maximum atomic E-state index is 13.6. The Morgan fingerprint density at radius 1 is 1.26 bits per heavy atom. The van der Waals surface area contributed by atoms with E-state index < -0.39 is 29.3 Å². The molecule has 1 aromatic rings. The van der Waals surface area contributed by atoms with Gasteiger partial charge in [-0.05, 0) is 19.4 Å². The van der Waals surface area contributed by atoms with Gasteiger partial charge in [0.25, 0.3) is 0 Å². The summed E-state index contributed by atoms with van der Waals surface area (Å²) in [5, 5.41) is 0. The van der Waals surface area contributed by atoms with Crippen LogP contribution in [0.1, 0.15) is 31.2 Å². The van der Waals surface area contributed by atoms with Crippen molar-refractivity contribution in [2.45, 2.75) is 25.7 Å². The smallest absolute Gasteiger partial charge is 0.313 e. The van der Waals surface area contributed by atoms with Crippen LogP contribution in [0.2, 0.25) is 0 Å². The Morgan fingerprint density at radius 2 is 1.89 bits per heavy atom. The molecule has 0 aliphatic rings. The van der Waals surface area contributed by atoms with Gasteiger partial charge in [-0.15, -0.1) is 0 Å². The van der Waals surface area contributed by atoms with E-state index in [2.05, 4.69) is 0 Å². The van der Waals surface area contributed by atoms with Crippen LogP contribution in [-0.2, 0) is 14.3 Å². The van der Waals surface area contributed by atoms with Crippen molar-refractivity contribution in [1.82, 2.24) is 0 Å². The Kier molecular flexibility index (Phi) is 5.54. The largest absolute Gasteiger partial charge is 0.466 e. The normalized spacial score (nSPS) is 12.0. The van der Waals surface area contributed by atoms with Crippen LogP contribution >= 0.6 is 0 Å². The van der Waals surface area contributed by atoms with Gasteiger partial charge in [-0.2, -0.15) is 0 Å². The number of halogens is 3. The highest BCUT2D eigenvalue weighted by Crippen LogP contribution is 2.27. The lowest BCUT2D eigenvalue weighted by Gasteiger charge is -2.15. The molecule has 0 N–H and O–H groups in total. The molecule has 3 nitrogen and oxygen atoms in total. The van der Waals surface area contributed by atoms with Gasteiger partial charge in [0.15, 0.2) is 11.6 Å². The summed E-state index contributed by atoms with van der Waals surface area (Å²) < 4.78 is 44.3. The van der Waals surface area contributed by atoms with E-state index in [4.69, 9.17) is 4.74 Å². The minimum Gasteiger partial charge on any atom is -0.466 e. The van der Waals surface area contributed by atoms with Crippen LogP contribution in [-0.4, -0.2) is 18.9 Å². The maximum absolute atomic E-state index is 13.6. The molecule has 0 heterocycles. The van der Waals surface area contributed by atoms with Crippen LogP contribution in [0.3, 0.4) is 0 Å². The van der Waals surface area contributed by atoms with Crippen LogP contribution in [0, 0.1) is 17.5 Å². The van der Waals surface area contributed by atoms with Crippen LogP contribution in [0.15, 0.2) is 12.1 Å². The summed E-state index contributed by atoms with van der Waals surface area (Å²) in [6, 6.07) is 0.995. The Morgan fingerprint density at radius 3 is 2.47 bits per heavy atom. The van der Waals surface area contributed by atoms with E-state index in [1.54, 1.807) is 6.92 Å². The molecule has 0 radical (unpaired) electrons. The topological polar surface area (TPSA) is 43.4 Å². The van der Waals surface area contributed by atoms with E-state index in [9.17, 15) is 22.8 Å². The first-order chi connectivity index (χ1) is 9.01. The van der Waals surface area contributed by atoms with Crippen molar-refractivity contribution in [1.29, 1.82) is 0 Å². The highest BCUT2D eigenvalue weighted by atomic mass is 19.2. The summed E-state index contributed by atoms with van der Waals surface area (Å²) in [7, 11) is 0. The summed E-state index contributed by atoms with van der Waals surface area (Å²) in [6.07, 6.45) is 0.524. The predicted molar refractivity (Wildman–Crippen MR) is 61.0 cm³/mol. The molecule has 0 aliphatic carbocycles. The van der Waals surface area contributed by atoms with E-state index in [-0.39, 0.29) is 25.0 Å². The number of carbonyl (C=O) groups excluding carboxylic acids is 2. The molecule has 104 valence electrons. The Balaban J connectivity index is 3.12. The minimum atomic E-state index is -1.33. The average molecular weight is 274 g/mol. The molecule has 0 amide bonds. The van der Waals surface area contributed by atoms with Crippen molar-refractivity contribution in [2.75, 3.05) is 6.61 Å². The molecule has 19 heavy (non-hydrogen) atoms. The first kappa shape index (κ1) is 15.2. The van der Waals surface area contributed by atoms with E-state index in [1.165, 1.54) is 0 Å². The Bertz CT molecular complexity index is 474. The molecule has 1 rings (SSSR count). The molecule has 1 aromatic carbocycles. The summed E-state index contributed by atoms with van der Waals surface area (Å²) in [6.45, 7) is 1.64. The fourth-order valence-corrected chi connectivity index (χ4v) is 1.68. The molecule has 0 aromatic heterocycles. The van der Waals surface area contributed by atoms with Gasteiger partial charge in [0, 0.05) is 18.1 Å². The van der Waals surface area contributed by atoms with E-state index >= 15 is 0 Å². The zero-order chi connectivity index (χ0) is 14.4. The number of rotatable bonds is 6. The fraction of sp³-hybridized carbons (Fsp3) is 0.385.